The number of carbonyl (C=O) groups is 2. The second kappa shape index (κ2) is 12.3. The van der Waals surface area contributed by atoms with Crippen molar-refractivity contribution in [3.05, 3.63) is 17.7 Å². The van der Waals surface area contributed by atoms with Gasteiger partial charge in [-0.25, -0.2) is 9.59 Å². The third-order valence-electron chi connectivity index (χ3n) is 5.43. The van der Waals surface area contributed by atoms with E-state index in [0.29, 0.717) is 11.8 Å². The Kier molecular flexibility index (Phi) is 9.83. The van der Waals surface area contributed by atoms with Gasteiger partial charge in [0.05, 0.1) is 34.5 Å². The fourth-order valence-electron chi connectivity index (χ4n) is 3.87. The maximum Gasteiger partial charge on any atom is 0.414 e. The Morgan fingerprint density at radius 2 is 1.45 bits per heavy atom. The highest BCUT2D eigenvalue weighted by molar-refractivity contribution is 6.27. The zero-order valence-electron chi connectivity index (χ0n) is 18.3. The summed E-state index contributed by atoms with van der Waals surface area (Å²) in [5.74, 6) is -1.55. The molecule has 0 radical (unpaired) electrons. The average molecular weight is 440 g/mol. The van der Waals surface area contributed by atoms with Gasteiger partial charge in [0.2, 0.25) is 5.75 Å². The van der Waals surface area contributed by atoms with Crippen LogP contribution in [0.3, 0.4) is 0 Å². The summed E-state index contributed by atoms with van der Waals surface area (Å²) in [5, 5.41) is 14.8. The minimum atomic E-state index is -1.82. The Balaban J connectivity index is 0.000000501. The summed E-state index contributed by atoms with van der Waals surface area (Å²) in [7, 11) is 4.96. The summed E-state index contributed by atoms with van der Waals surface area (Å²) in [6.07, 6.45) is 2.45. The molecule has 2 N–H and O–H groups in total. The number of methoxy groups -OCH3 is 3. The first-order valence-corrected chi connectivity index (χ1v) is 10.2. The highest BCUT2D eigenvalue weighted by atomic mass is 16.5. The van der Waals surface area contributed by atoms with E-state index in [4.69, 9.17) is 38.7 Å². The van der Waals surface area contributed by atoms with Crippen LogP contribution in [0.15, 0.2) is 12.1 Å². The van der Waals surface area contributed by atoms with Crippen molar-refractivity contribution in [2.24, 2.45) is 0 Å². The van der Waals surface area contributed by atoms with E-state index < -0.39 is 11.9 Å². The van der Waals surface area contributed by atoms with Gasteiger partial charge in [0.15, 0.2) is 11.5 Å². The lowest BCUT2D eigenvalue weighted by Gasteiger charge is -2.40. The number of rotatable bonds is 6. The minimum Gasteiger partial charge on any atom is -0.493 e. The molecule has 1 aromatic carbocycles. The first-order chi connectivity index (χ1) is 14.9. The number of morpholine rings is 1. The number of nitrogens with zero attached hydrogens (tertiary/aromatic N) is 2. The predicted molar refractivity (Wildman–Crippen MR) is 112 cm³/mol. The van der Waals surface area contributed by atoms with Gasteiger partial charge < -0.3 is 29.2 Å². The first-order valence-electron chi connectivity index (χ1n) is 10.2. The smallest absolute Gasteiger partial charge is 0.414 e. The van der Waals surface area contributed by atoms with Crippen LogP contribution in [0.2, 0.25) is 0 Å². The maximum atomic E-state index is 9.10. The van der Waals surface area contributed by atoms with Crippen LogP contribution in [0.1, 0.15) is 18.4 Å². The van der Waals surface area contributed by atoms with Gasteiger partial charge in [0.1, 0.15) is 0 Å². The van der Waals surface area contributed by atoms with Crippen LogP contribution in [0.5, 0.6) is 17.2 Å². The fraction of sp³-hybridized carbons (Fsp3) is 0.619. The monoisotopic (exact) mass is 440 g/mol. The third-order valence-corrected chi connectivity index (χ3v) is 5.43. The molecule has 2 saturated heterocycles. The quantitative estimate of drug-likeness (QED) is 0.624. The van der Waals surface area contributed by atoms with Crippen LogP contribution in [-0.2, 0) is 20.9 Å². The van der Waals surface area contributed by atoms with Crippen LogP contribution < -0.4 is 14.2 Å². The molecule has 0 unspecified atom stereocenters. The number of carboxylic acids is 2. The molecule has 3 rings (SSSR count). The Morgan fingerprint density at radius 1 is 0.935 bits per heavy atom. The molecule has 2 fully saturated rings. The van der Waals surface area contributed by atoms with Gasteiger partial charge in [-0.3, -0.25) is 9.80 Å². The maximum absolute atomic E-state index is 9.10. The number of hydrogen-bond acceptors (Lipinski definition) is 8. The largest absolute Gasteiger partial charge is 0.493 e. The highest BCUT2D eigenvalue weighted by Crippen LogP contribution is 2.38. The van der Waals surface area contributed by atoms with Gasteiger partial charge >= 0.3 is 11.9 Å². The Labute approximate surface area is 182 Å². The van der Waals surface area contributed by atoms with Crippen LogP contribution in [0.4, 0.5) is 0 Å². The van der Waals surface area contributed by atoms with Gasteiger partial charge in [-0.2, -0.15) is 0 Å². The number of carboxylic acid groups (broad SMARTS) is 2. The lowest BCUT2D eigenvalue weighted by molar-refractivity contribution is -0.159. The highest BCUT2D eigenvalue weighted by Gasteiger charge is 2.26. The molecule has 0 saturated carbocycles. The molecule has 1 aromatic rings. The number of likely N-dealkylation sites (tertiary alicyclic amines) is 1. The molecule has 0 atom stereocenters. The molecule has 174 valence electrons. The third kappa shape index (κ3) is 7.27. The number of benzene rings is 1. The van der Waals surface area contributed by atoms with E-state index in [1.54, 1.807) is 21.3 Å². The summed E-state index contributed by atoms with van der Waals surface area (Å²) in [5.41, 5.74) is 1.19. The van der Waals surface area contributed by atoms with Crippen LogP contribution >= 0.6 is 0 Å². The molecule has 0 aromatic heterocycles. The molecule has 2 aliphatic rings. The molecule has 10 nitrogen and oxygen atoms in total. The zero-order valence-corrected chi connectivity index (χ0v) is 18.3. The van der Waals surface area contributed by atoms with Crippen molar-refractivity contribution in [1.82, 2.24) is 9.80 Å². The van der Waals surface area contributed by atoms with E-state index in [-0.39, 0.29) is 0 Å². The van der Waals surface area contributed by atoms with Crippen molar-refractivity contribution in [3.63, 3.8) is 0 Å². The van der Waals surface area contributed by atoms with E-state index in [1.807, 2.05) is 0 Å². The first kappa shape index (κ1) is 24.7. The van der Waals surface area contributed by atoms with Gasteiger partial charge in [-0.15, -0.1) is 0 Å². The van der Waals surface area contributed by atoms with Crippen molar-refractivity contribution in [2.45, 2.75) is 25.4 Å². The molecule has 10 heteroatoms. The lowest BCUT2D eigenvalue weighted by Crippen LogP contribution is -2.48. The van der Waals surface area contributed by atoms with E-state index in [2.05, 4.69) is 21.9 Å². The van der Waals surface area contributed by atoms with Crippen molar-refractivity contribution < 1.29 is 38.7 Å². The lowest BCUT2D eigenvalue weighted by atomic mass is 10.0. The van der Waals surface area contributed by atoms with Crippen molar-refractivity contribution >= 4 is 11.9 Å². The fourth-order valence-corrected chi connectivity index (χ4v) is 3.87. The van der Waals surface area contributed by atoms with E-state index in [0.717, 1.165) is 57.4 Å². The van der Waals surface area contributed by atoms with Gasteiger partial charge in [0.25, 0.3) is 0 Å². The van der Waals surface area contributed by atoms with Crippen molar-refractivity contribution in [2.75, 3.05) is 60.7 Å². The average Bonchev–Trinajstić information content (AvgIpc) is 2.79. The normalized spacial score (nSPS) is 17.9. The minimum absolute atomic E-state index is 0.653. The molecule has 2 heterocycles. The Bertz CT molecular complexity index is 691. The number of piperidine rings is 1. The van der Waals surface area contributed by atoms with Gasteiger partial charge in [-0.05, 0) is 43.6 Å². The number of aliphatic carboxylic acids is 2. The van der Waals surface area contributed by atoms with E-state index >= 15 is 0 Å². The topological polar surface area (TPSA) is 118 Å². The molecule has 2 aliphatic heterocycles. The number of ether oxygens (including phenoxy) is 4. The van der Waals surface area contributed by atoms with Crippen LogP contribution in [0.25, 0.3) is 0 Å². The van der Waals surface area contributed by atoms with Crippen molar-refractivity contribution in [3.8, 4) is 17.2 Å². The van der Waals surface area contributed by atoms with Crippen molar-refractivity contribution in [1.29, 1.82) is 0 Å². The molecule has 0 aliphatic carbocycles. The van der Waals surface area contributed by atoms with Gasteiger partial charge in [0, 0.05) is 25.7 Å². The van der Waals surface area contributed by atoms with Crippen LogP contribution in [-0.4, -0.2) is 98.7 Å². The molecule has 31 heavy (non-hydrogen) atoms. The molecular formula is C21H32N2O8. The molecule has 0 spiro atoms. The summed E-state index contributed by atoms with van der Waals surface area (Å²) < 4.78 is 21.8. The van der Waals surface area contributed by atoms with E-state index in [9.17, 15) is 0 Å². The predicted octanol–water partition coefficient (Wildman–Crippen LogP) is 1.16. The zero-order chi connectivity index (χ0) is 22.8. The summed E-state index contributed by atoms with van der Waals surface area (Å²) in [4.78, 5) is 23.3. The number of hydrogen-bond donors (Lipinski definition) is 2. The standard InChI is InChI=1S/C19H30N2O4.C2H2O4/c1-22-17-12-15(13-18(23-2)19(17)24-3)14-20-6-4-16(5-7-20)21-8-10-25-11-9-21;3-1(4)2(5)6/h12-13,16H,4-11,14H2,1-3H3;(H,3,4)(H,5,6). The second-order valence-corrected chi connectivity index (χ2v) is 7.30. The SMILES string of the molecule is COc1cc(CN2CCC(N3CCOCC3)CC2)cc(OC)c1OC.O=C(O)C(=O)O. The Morgan fingerprint density at radius 3 is 1.87 bits per heavy atom. The molecule has 0 bridgehead atoms. The second-order valence-electron chi connectivity index (χ2n) is 7.30. The summed E-state index contributed by atoms with van der Waals surface area (Å²) >= 11 is 0. The Hall–Kier alpha value is -2.56. The summed E-state index contributed by atoms with van der Waals surface area (Å²) in [6.45, 7) is 7.08. The van der Waals surface area contributed by atoms with E-state index in [1.165, 1.54) is 18.4 Å². The van der Waals surface area contributed by atoms with Crippen LogP contribution in [0, 0.1) is 0 Å². The summed E-state index contributed by atoms with van der Waals surface area (Å²) in [6, 6.07) is 4.81. The molecule has 0 amide bonds. The van der Waals surface area contributed by atoms with Gasteiger partial charge in [-0.1, -0.05) is 0 Å². The molecular weight excluding hydrogens is 408 g/mol.